The number of hydrogen-bond donors (Lipinski definition) is 4. The maximum atomic E-state index is 12.1. The minimum atomic E-state index is -1.19. The molecule has 8 heteroatoms. The van der Waals surface area contributed by atoms with Gasteiger partial charge in [-0.3, -0.25) is 14.4 Å². The second-order valence-electron chi connectivity index (χ2n) is 6.39. The van der Waals surface area contributed by atoms with Crippen molar-refractivity contribution in [2.24, 2.45) is 0 Å². The summed E-state index contributed by atoms with van der Waals surface area (Å²) in [5.74, 6) is -0.757. The topological polar surface area (TPSA) is 119 Å². The van der Waals surface area contributed by atoms with E-state index in [0.29, 0.717) is 5.56 Å². The molecule has 0 unspecified atom stereocenters. The first-order chi connectivity index (χ1) is 13.3. The summed E-state index contributed by atoms with van der Waals surface area (Å²) in [6.45, 7) is 0. The molecular weight excluding hydrogens is 362 g/mol. The number of phenols is 1. The van der Waals surface area contributed by atoms with E-state index in [4.69, 9.17) is 0 Å². The second kappa shape index (κ2) is 7.53. The molecule has 0 spiro atoms. The molecule has 8 nitrogen and oxygen atoms in total. The predicted octanol–water partition coefficient (Wildman–Crippen LogP) is 1.54. The van der Waals surface area contributed by atoms with E-state index in [1.54, 1.807) is 44.4 Å². The molecule has 0 aliphatic rings. The van der Waals surface area contributed by atoms with Crippen LogP contribution in [0.1, 0.15) is 22.1 Å². The summed E-state index contributed by atoms with van der Waals surface area (Å²) in [5.41, 5.74) is -1.09. The molecule has 0 fully saturated rings. The molecule has 0 aromatic heterocycles. The van der Waals surface area contributed by atoms with Gasteiger partial charge in [0.2, 0.25) is 0 Å². The summed E-state index contributed by atoms with van der Waals surface area (Å²) in [5, 5.41) is 25.9. The van der Waals surface area contributed by atoms with E-state index < -0.39 is 23.0 Å². The van der Waals surface area contributed by atoms with Gasteiger partial charge in [-0.25, -0.2) is 0 Å². The number of aromatic hydroxyl groups is 1. The number of benzene rings is 2. The van der Waals surface area contributed by atoms with Crippen LogP contribution in [0.4, 0.5) is 17.1 Å². The first-order valence-corrected chi connectivity index (χ1v) is 8.44. The van der Waals surface area contributed by atoms with E-state index in [1.807, 2.05) is 0 Å². The molecule has 0 aliphatic carbocycles. The molecule has 144 valence electrons. The highest BCUT2D eigenvalue weighted by Gasteiger charge is 2.25. The number of nitrogens with one attached hydrogen (secondary N) is 2. The Morgan fingerprint density at radius 2 is 1.61 bits per heavy atom. The van der Waals surface area contributed by atoms with Gasteiger partial charge in [-0.05, 0) is 12.1 Å². The van der Waals surface area contributed by atoms with Crippen LogP contribution in [-0.4, -0.2) is 35.1 Å². The van der Waals surface area contributed by atoms with Crippen LogP contribution in [0, 0.1) is 0 Å². The van der Waals surface area contributed by atoms with Gasteiger partial charge in [0.1, 0.15) is 11.4 Å². The lowest BCUT2D eigenvalue weighted by Gasteiger charge is -2.20. The van der Waals surface area contributed by atoms with Crippen molar-refractivity contribution in [3.05, 3.63) is 80.1 Å². The second-order valence-corrected chi connectivity index (χ2v) is 6.39. The summed E-state index contributed by atoms with van der Waals surface area (Å²) in [4.78, 5) is 37.4. The van der Waals surface area contributed by atoms with Crippen molar-refractivity contribution >= 4 is 23.0 Å². The maximum Gasteiger partial charge on any atom is 0.257 e. The van der Waals surface area contributed by atoms with E-state index >= 15 is 0 Å². The maximum absolute atomic E-state index is 12.1. The van der Waals surface area contributed by atoms with Crippen molar-refractivity contribution in [1.82, 2.24) is 4.90 Å². The molecule has 4 N–H and O–H groups in total. The van der Waals surface area contributed by atoms with Gasteiger partial charge >= 0.3 is 0 Å². The molecule has 0 saturated heterocycles. The summed E-state index contributed by atoms with van der Waals surface area (Å²) >= 11 is 0. The van der Waals surface area contributed by atoms with Crippen molar-refractivity contribution in [2.75, 3.05) is 24.7 Å². The van der Waals surface area contributed by atoms with E-state index in [9.17, 15) is 24.6 Å². The third-order valence-corrected chi connectivity index (χ3v) is 4.24. The predicted molar refractivity (Wildman–Crippen MR) is 106 cm³/mol. The highest BCUT2D eigenvalue weighted by Crippen LogP contribution is 2.32. The van der Waals surface area contributed by atoms with Gasteiger partial charge in [0, 0.05) is 19.7 Å². The Hall–Kier alpha value is -3.65. The normalized spacial score (nSPS) is 11.8. The van der Waals surface area contributed by atoms with Gasteiger partial charge in [0.05, 0.1) is 11.3 Å². The van der Waals surface area contributed by atoms with E-state index in [1.165, 1.54) is 23.1 Å². The van der Waals surface area contributed by atoms with E-state index in [-0.39, 0.29) is 28.4 Å². The van der Waals surface area contributed by atoms with Crippen molar-refractivity contribution in [3.63, 3.8) is 0 Å². The van der Waals surface area contributed by atoms with Gasteiger partial charge in [-0.2, -0.15) is 0 Å². The largest absolute Gasteiger partial charge is 0.505 e. The Balaban J connectivity index is 1.88. The molecule has 3 aromatic rings. The molecular formula is C20H19N3O5. The summed E-state index contributed by atoms with van der Waals surface area (Å²) < 4.78 is 0. The van der Waals surface area contributed by atoms with Gasteiger partial charge in [-0.1, -0.05) is 36.4 Å². The van der Waals surface area contributed by atoms with Crippen LogP contribution in [-0.2, 0) is 0 Å². The zero-order valence-corrected chi connectivity index (χ0v) is 15.3. The number of aliphatic hydroxyl groups is 1. The third kappa shape index (κ3) is 3.45. The van der Waals surface area contributed by atoms with Gasteiger partial charge < -0.3 is 25.7 Å². The number of nitrogens with zero attached hydrogens (tertiary/aromatic N) is 1. The molecule has 3 aromatic carbocycles. The Morgan fingerprint density at radius 1 is 0.964 bits per heavy atom. The lowest BCUT2D eigenvalue weighted by atomic mass is 10.1. The zero-order valence-electron chi connectivity index (χ0n) is 15.3. The van der Waals surface area contributed by atoms with Crippen LogP contribution in [0.5, 0.6) is 5.75 Å². The van der Waals surface area contributed by atoms with Crippen molar-refractivity contribution in [2.45, 2.75) is 6.23 Å². The smallest absolute Gasteiger partial charge is 0.257 e. The number of rotatable bonds is 6. The van der Waals surface area contributed by atoms with Gasteiger partial charge in [-0.15, -0.1) is 0 Å². The number of para-hydroxylation sites is 1. The van der Waals surface area contributed by atoms with Crippen LogP contribution in [0.2, 0.25) is 0 Å². The molecule has 0 bridgehead atoms. The first-order valence-electron chi connectivity index (χ1n) is 8.44. The Kier molecular flexibility index (Phi) is 5.14. The minimum absolute atomic E-state index is 0.0486. The first kappa shape index (κ1) is 19.1. The molecule has 0 aliphatic heterocycles. The minimum Gasteiger partial charge on any atom is -0.505 e. The highest BCUT2D eigenvalue weighted by molar-refractivity contribution is 5.99. The Labute approximate surface area is 160 Å². The molecule has 0 heterocycles. The van der Waals surface area contributed by atoms with Crippen LogP contribution in [0.25, 0.3) is 0 Å². The molecule has 0 radical (unpaired) electrons. The van der Waals surface area contributed by atoms with Gasteiger partial charge in [0.15, 0.2) is 12.0 Å². The van der Waals surface area contributed by atoms with Crippen molar-refractivity contribution in [3.8, 4) is 5.75 Å². The van der Waals surface area contributed by atoms with Crippen molar-refractivity contribution in [1.29, 1.82) is 0 Å². The number of carbonyl (C=O) groups is 1. The molecule has 0 saturated carbocycles. The van der Waals surface area contributed by atoms with Crippen LogP contribution in [0.15, 0.2) is 58.1 Å². The summed E-state index contributed by atoms with van der Waals surface area (Å²) in [6.07, 6.45) is -1.19. The molecule has 28 heavy (non-hydrogen) atoms. The molecule has 1 atom stereocenters. The fraction of sp³-hybridized carbons (Fsp3) is 0.150. The average Bonchev–Trinajstić information content (AvgIpc) is 2.71. The lowest BCUT2D eigenvalue weighted by molar-refractivity contribution is 0.0824. The number of carbonyl (C=O) groups excluding carboxylic acids is 1. The zero-order chi connectivity index (χ0) is 20.4. The summed E-state index contributed by atoms with van der Waals surface area (Å²) in [7, 11) is 3.09. The number of anilines is 3. The molecule has 1 amide bonds. The van der Waals surface area contributed by atoms with E-state index in [0.717, 1.165) is 0 Å². The number of amides is 1. The fourth-order valence-electron chi connectivity index (χ4n) is 2.70. The van der Waals surface area contributed by atoms with Crippen molar-refractivity contribution < 1.29 is 15.0 Å². The number of aliphatic hydroxyl groups excluding tert-OH is 1. The number of hydrogen-bond acceptors (Lipinski definition) is 7. The van der Waals surface area contributed by atoms with Crippen LogP contribution >= 0.6 is 0 Å². The SMILES string of the molecule is CN(C)C(=O)c1cccc(Nc2c(N[C@H](O)c3ccccc3)c(=O)c2=O)c1O. The highest BCUT2D eigenvalue weighted by atomic mass is 16.3. The van der Waals surface area contributed by atoms with Crippen LogP contribution < -0.4 is 21.5 Å². The van der Waals surface area contributed by atoms with Gasteiger partial charge in [0.25, 0.3) is 16.8 Å². The lowest BCUT2D eigenvalue weighted by Crippen LogP contribution is -2.37. The molecule has 3 rings (SSSR count). The summed E-state index contributed by atoms with van der Waals surface area (Å²) in [6, 6.07) is 13.0. The standard InChI is InChI=1S/C20H19N3O5/c1-23(2)20(28)12-9-6-10-13(16(12)24)21-14-15(18(26)17(14)25)22-19(27)11-7-4-3-5-8-11/h3-10,19,21-22,24,27H,1-2H3/t19-/m1/s1. The monoisotopic (exact) mass is 381 g/mol. The Morgan fingerprint density at radius 3 is 2.25 bits per heavy atom. The fourth-order valence-corrected chi connectivity index (χ4v) is 2.70. The average molecular weight is 381 g/mol. The third-order valence-electron chi connectivity index (χ3n) is 4.24. The van der Waals surface area contributed by atoms with Crippen LogP contribution in [0.3, 0.4) is 0 Å². The quantitative estimate of drug-likeness (QED) is 0.290. The van der Waals surface area contributed by atoms with E-state index in [2.05, 4.69) is 10.6 Å². The number of phenolic OH excluding ortho intramolecular Hbond substituents is 1. The Bertz CT molecular complexity index is 1090.